The van der Waals surface area contributed by atoms with E-state index in [4.69, 9.17) is 9.97 Å². The van der Waals surface area contributed by atoms with E-state index in [2.05, 4.69) is 134 Å². The van der Waals surface area contributed by atoms with E-state index in [0.717, 1.165) is 38.8 Å². The van der Waals surface area contributed by atoms with Crippen LogP contribution in [0.5, 0.6) is 0 Å². The van der Waals surface area contributed by atoms with Gasteiger partial charge in [0.2, 0.25) is 0 Å². The number of hydrogen-bond acceptors (Lipinski definition) is 2. The van der Waals surface area contributed by atoms with Gasteiger partial charge in [-0.25, -0.2) is 9.97 Å². The molecule has 0 atom stereocenters. The first kappa shape index (κ1) is 23.4. The molecule has 198 valence electrons. The normalized spacial score (nSPS) is 13.7. The molecule has 0 saturated carbocycles. The summed E-state index contributed by atoms with van der Waals surface area (Å²) in [4.78, 5) is 10.2. The molecular formula is C39H27N3. The zero-order chi connectivity index (χ0) is 28.0. The van der Waals surface area contributed by atoms with Crippen molar-refractivity contribution in [1.82, 2.24) is 14.4 Å². The van der Waals surface area contributed by atoms with E-state index in [0.29, 0.717) is 0 Å². The summed E-state index contributed by atoms with van der Waals surface area (Å²) in [7, 11) is 0. The summed E-state index contributed by atoms with van der Waals surface area (Å²) < 4.78 is 2.16. The zero-order valence-corrected chi connectivity index (χ0v) is 23.5. The number of aromatic nitrogens is 3. The highest BCUT2D eigenvalue weighted by atomic mass is 15.0. The smallest absolute Gasteiger partial charge is 0.137 e. The van der Waals surface area contributed by atoms with Crippen molar-refractivity contribution >= 4 is 38.4 Å². The van der Waals surface area contributed by atoms with Crippen molar-refractivity contribution in [2.45, 2.75) is 19.3 Å². The first-order chi connectivity index (χ1) is 20.6. The van der Waals surface area contributed by atoms with Crippen LogP contribution in [0.3, 0.4) is 0 Å². The molecule has 0 unspecified atom stereocenters. The highest BCUT2D eigenvalue weighted by Crippen LogP contribution is 2.53. The van der Waals surface area contributed by atoms with Crippen LogP contribution < -0.4 is 0 Å². The van der Waals surface area contributed by atoms with Crippen LogP contribution in [-0.4, -0.2) is 14.4 Å². The molecule has 3 heteroatoms. The van der Waals surface area contributed by atoms with E-state index < -0.39 is 0 Å². The minimum atomic E-state index is -0.0612. The van der Waals surface area contributed by atoms with Crippen molar-refractivity contribution in [2.75, 3.05) is 0 Å². The fourth-order valence-corrected chi connectivity index (χ4v) is 7.15. The molecule has 3 heterocycles. The summed E-state index contributed by atoms with van der Waals surface area (Å²) >= 11 is 0. The number of para-hydroxylation sites is 1. The van der Waals surface area contributed by atoms with Gasteiger partial charge in [0.1, 0.15) is 11.2 Å². The lowest BCUT2D eigenvalue weighted by Crippen LogP contribution is -2.15. The van der Waals surface area contributed by atoms with E-state index in [-0.39, 0.29) is 5.41 Å². The summed E-state index contributed by atoms with van der Waals surface area (Å²) in [6.45, 7) is 4.71. The molecule has 42 heavy (non-hydrogen) atoms. The monoisotopic (exact) mass is 537 g/mol. The third-order valence-corrected chi connectivity index (χ3v) is 9.20. The lowest BCUT2D eigenvalue weighted by Gasteiger charge is -2.23. The first-order valence-corrected chi connectivity index (χ1v) is 14.5. The SMILES string of the molecule is CC1(C)c2ccccc2-c2c1cc(-c1ccc(-c3nc4ccccc4c4nc5ccccn5c34)cc1)c1ccccc21. The second kappa shape index (κ2) is 8.37. The maximum atomic E-state index is 5.18. The number of hydrogen-bond donors (Lipinski definition) is 0. The van der Waals surface area contributed by atoms with Gasteiger partial charge in [-0.2, -0.15) is 0 Å². The zero-order valence-electron chi connectivity index (χ0n) is 23.5. The van der Waals surface area contributed by atoms with Gasteiger partial charge >= 0.3 is 0 Å². The molecule has 0 amide bonds. The van der Waals surface area contributed by atoms with Crippen LogP contribution in [0, 0.1) is 0 Å². The van der Waals surface area contributed by atoms with Crippen molar-refractivity contribution in [3.8, 4) is 33.5 Å². The van der Waals surface area contributed by atoms with E-state index in [1.807, 2.05) is 12.1 Å². The maximum Gasteiger partial charge on any atom is 0.137 e. The Hall–Kier alpha value is -5.28. The molecule has 0 N–H and O–H groups in total. The third-order valence-electron chi connectivity index (χ3n) is 9.20. The first-order valence-electron chi connectivity index (χ1n) is 14.5. The van der Waals surface area contributed by atoms with Gasteiger partial charge in [-0.1, -0.05) is 111 Å². The van der Waals surface area contributed by atoms with E-state index in [1.54, 1.807) is 0 Å². The molecule has 8 aromatic rings. The lowest BCUT2D eigenvalue weighted by atomic mass is 9.80. The fraction of sp³-hybridized carbons (Fsp3) is 0.0769. The Balaban J connectivity index is 1.26. The van der Waals surface area contributed by atoms with Gasteiger partial charge in [0.15, 0.2) is 0 Å². The van der Waals surface area contributed by atoms with Crippen LogP contribution in [-0.2, 0) is 5.41 Å². The van der Waals surface area contributed by atoms with Crippen molar-refractivity contribution in [1.29, 1.82) is 0 Å². The second-order valence-electron chi connectivity index (χ2n) is 11.9. The maximum absolute atomic E-state index is 5.18. The Morgan fingerprint density at radius 2 is 1.26 bits per heavy atom. The topological polar surface area (TPSA) is 30.2 Å². The Morgan fingerprint density at radius 3 is 2.12 bits per heavy atom. The molecule has 0 radical (unpaired) electrons. The molecule has 1 aliphatic carbocycles. The van der Waals surface area contributed by atoms with E-state index >= 15 is 0 Å². The predicted octanol–water partition coefficient (Wildman–Crippen LogP) is 9.83. The minimum Gasteiger partial charge on any atom is -0.298 e. The lowest BCUT2D eigenvalue weighted by molar-refractivity contribution is 0.661. The van der Waals surface area contributed by atoms with Gasteiger partial charge in [0, 0.05) is 22.6 Å². The molecule has 9 rings (SSSR count). The molecular weight excluding hydrogens is 510 g/mol. The second-order valence-corrected chi connectivity index (χ2v) is 11.9. The Kier molecular flexibility index (Phi) is 4.67. The number of rotatable bonds is 2. The summed E-state index contributed by atoms with van der Waals surface area (Å²) in [5, 5.41) is 3.67. The van der Waals surface area contributed by atoms with Gasteiger partial charge in [-0.15, -0.1) is 0 Å². The highest BCUT2D eigenvalue weighted by molar-refractivity contribution is 6.10. The Bertz CT molecular complexity index is 2380. The highest BCUT2D eigenvalue weighted by Gasteiger charge is 2.36. The quantitative estimate of drug-likeness (QED) is 0.220. The Labute approximate surface area is 243 Å². The van der Waals surface area contributed by atoms with Crippen LogP contribution in [0.15, 0.2) is 128 Å². The molecule has 3 nitrogen and oxygen atoms in total. The third kappa shape index (κ3) is 3.11. The van der Waals surface area contributed by atoms with Gasteiger partial charge in [-0.05, 0) is 68.4 Å². The number of pyridine rings is 2. The largest absolute Gasteiger partial charge is 0.298 e. The molecule has 1 aliphatic rings. The van der Waals surface area contributed by atoms with Crippen LogP contribution >= 0.6 is 0 Å². The van der Waals surface area contributed by atoms with Crippen LogP contribution in [0.25, 0.3) is 71.9 Å². The van der Waals surface area contributed by atoms with Gasteiger partial charge < -0.3 is 0 Å². The van der Waals surface area contributed by atoms with Crippen molar-refractivity contribution in [2.24, 2.45) is 0 Å². The molecule has 5 aromatic carbocycles. The van der Waals surface area contributed by atoms with Gasteiger partial charge in [-0.3, -0.25) is 4.40 Å². The average molecular weight is 538 g/mol. The van der Waals surface area contributed by atoms with E-state index in [1.165, 1.54) is 44.2 Å². The van der Waals surface area contributed by atoms with Crippen LogP contribution in [0.1, 0.15) is 25.0 Å². The predicted molar refractivity (Wildman–Crippen MR) is 174 cm³/mol. The molecule has 0 bridgehead atoms. The van der Waals surface area contributed by atoms with Crippen molar-refractivity contribution in [3.05, 3.63) is 139 Å². The molecule has 0 saturated heterocycles. The summed E-state index contributed by atoms with van der Waals surface area (Å²) in [6.07, 6.45) is 2.08. The number of nitrogens with zero attached hydrogens (tertiary/aromatic N) is 3. The average Bonchev–Trinajstić information content (AvgIpc) is 3.54. The number of imidazole rings is 1. The fourth-order valence-electron chi connectivity index (χ4n) is 7.15. The van der Waals surface area contributed by atoms with Gasteiger partial charge in [0.25, 0.3) is 0 Å². The van der Waals surface area contributed by atoms with Gasteiger partial charge in [0.05, 0.1) is 16.7 Å². The number of fused-ring (bicyclic) bond motifs is 10. The van der Waals surface area contributed by atoms with Crippen molar-refractivity contribution in [3.63, 3.8) is 0 Å². The molecule has 3 aromatic heterocycles. The molecule has 0 spiro atoms. The number of benzene rings is 5. The van der Waals surface area contributed by atoms with Crippen LogP contribution in [0.4, 0.5) is 0 Å². The minimum absolute atomic E-state index is 0.0612. The molecule has 0 aliphatic heterocycles. The molecule has 0 fully saturated rings. The van der Waals surface area contributed by atoms with Crippen molar-refractivity contribution < 1.29 is 0 Å². The summed E-state index contributed by atoms with van der Waals surface area (Å²) in [6, 6.07) is 43.6. The standard InChI is InChI=1S/C39H27N3/c1-39(2)31-15-7-5-13-28(31)35-27-12-4-3-11-26(27)30(23-32(35)39)24-18-20-25(21-19-24)36-38-37(29-14-6-8-16-33(29)40-36)41-34-17-9-10-22-42(34)38/h3-23H,1-2H3. The summed E-state index contributed by atoms with van der Waals surface area (Å²) in [5.74, 6) is 0. The summed E-state index contributed by atoms with van der Waals surface area (Å²) in [5.41, 5.74) is 13.9. The van der Waals surface area contributed by atoms with E-state index in [9.17, 15) is 0 Å². The van der Waals surface area contributed by atoms with Crippen LogP contribution in [0.2, 0.25) is 0 Å². The Morgan fingerprint density at radius 1 is 0.571 bits per heavy atom.